The van der Waals surface area contributed by atoms with Gasteiger partial charge in [-0.15, -0.1) is 0 Å². The molecule has 0 aromatic carbocycles. The van der Waals surface area contributed by atoms with E-state index in [9.17, 15) is 4.79 Å². The molecule has 0 aliphatic carbocycles. The molecule has 1 unspecified atom stereocenters. The summed E-state index contributed by atoms with van der Waals surface area (Å²) in [5, 5.41) is 3.58. The minimum atomic E-state index is -0.188. The minimum Gasteiger partial charge on any atom is -0.466 e. The van der Waals surface area contributed by atoms with Crippen molar-refractivity contribution in [2.24, 2.45) is 5.92 Å². The van der Waals surface area contributed by atoms with Crippen molar-refractivity contribution in [2.75, 3.05) is 18.5 Å². The number of hydrogen-bond acceptors (Lipinski definition) is 5. The number of allylic oxidation sites excluding steroid dienone is 1. The number of nitrogens with one attached hydrogen (secondary N) is 1. The number of ether oxygens (including phenoxy) is 1. The van der Waals surface area contributed by atoms with Crippen molar-refractivity contribution in [2.45, 2.75) is 26.2 Å². The quantitative estimate of drug-likeness (QED) is 0.671. The molecule has 1 aliphatic rings. The molecule has 1 atom stereocenters. The van der Waals surface area contributed by atoms with Gasteiger partial charge in [0.25, 0.3) is 0 Å². The smallest absolute Gasteiger partial charge is 0.309 e. The van der Waals surface area contributed by atoms with Crippen molar-refractivity contribution in [3.05, 3.63) is 23.6 Å². The monoisotopic (exact) mass is 295 g/mol. The molecule has 2 rings (SSSR count). The number of fused-ring (bicyclic) bond motifs is 1. The third-order valence-corrected chi connectivity index (χ3v) is 3.58. The molecule has 0 fully saturated rings. The fraction of sp³-hybridized carbons (Fsp3) is 0.500. The van der Waals surface area contributed by atoms with Gasteiger partial charge in [-0.25, -0.2) is 9.97 Å². The third kappa shape index (κ3) is 3.28. The van der Waals surface area contributed by atoms with Crippen LogP contribution in [0.5, 0.6) is 0 Å². The second-order valence-electron chi connectivity index (χ2n) is 4.71. The molecule has 1 aliphatic heterocycles. The minimum absolute atomic E-state index is 0.176. The standard InChI is InChI=1S/C14H18ClN3O2/c1-3-20-14(19)10-5-4-6-16-13-11(9(2)7-10)12(15)17-8-18-13/h8,10H,2-7H2,1H3,(H,16,17,18). The van der Waals surface area contributed by atoms with Gasteiger partial charge in [-0.2, -0.15) is 0 Å². The zero-order valence-electron chi connectivity index (χ0n) is 11.5. The summed E-state index contributed by atoms with van der Waals surface area (Å²) in [6.45, 7) is 6.96. The second kappa shape index (κ2) is 6.70. The number of carbonyl (C=O) groups is 1. The van der Waals surface area contributed by atoms with Crippen LogP contribution in [-0.4, -0.2) is 29.1 Å². The van der Waals surface area contributed by atoms with E-state index in [-0.39, 0.29) is 11.9 Å². The molecule has 1 aromatic rings. The Bertz CT molecular complexity index is 519. The molecule has 1 aromatic heterocycles. The normalized spacial score (nSPS) is 19.1. The first-order chi connectivity index (χ1) is 9.63. The summed E-state index contributed by atoms with van der Waals surface area (Å²) in [5.74, 6) is 0.316. The molecule has 0 spiro atoms. The Hall–Kier alpha value is -1.62. The molecule has 0 radical (unpaired) electrons. The summed E-state index contributed by atoms with van der Waals surface area (Å²) in [7, 11) is 0. The maximum atomic E-state index is 12.0. The van der Waals surface area contributed by atoms with Crippen LogP contribution in [0.3, 0.4) is 0 Å². The van der Waals surface area contributed by atoms with Crippen molar-refractivity contribution < 1.29 is 9.53 Å². The van der Waals surface area contributed by atoms with Crippen LogP contribution in [0, 0.1) is 5.92 Å². The molecule has 0 amide bonds. The second-order valence-corrected chi connectivity index (χ2v) is 5.07. The molecule has 0 saturated carbocycles. The number of halogens is 1. The highest BCUT2D eigenvalue weighted by atomic mass is 35.5. The van der Waals surface area contributed by atoms with E-state index in [4.69, 9.17) is 16.3 Å². The Morgan fingerprint density at radius 3 is 3.15 bits per heavy atom. The van der Waals surface area contributed by atoms with Gasteiger partial charge in [-0.3, -0.25) is 4.79 Å². The van der Waals surface area contributed by atoms with E-state index in [0.717, 1.165) is 25.0 Å². The number of rotatable bonds is 2. The molecule has 0 bridgehead atoms. The molecule has 5 nitrogen and oxygen atoms in total. The maximum Gasteiger partial charge on any atom is 0.309 e. The Morgan fingerprint density at radius 2 is 2.40 bits per heavy atom. The van der Waals surface area contributed by atoms with Crippen molar-refractivity contribution in [1.29, 1.82) is 0 Å². The first-order valence-electron chi connectivity index (χ1n) is 6.72. The van der Waals surface area contributed by atoms with E-state index < -0.39 is 0 Å². The molecule has 20 heavy (non-hydrogen) atoms. The van der Waals surface area contributed by atoms with E-state index in [2.05, 4.69) is 21.9 Å². The first kappa shape index (κ1) is 14.8. The summed E-state index contributed by atoms with van der Waals surface area (Å²) in [6.07, 6.45) is 3.55. The zero-order chi connectivity index (χ0) is 14.5. The Labute approximate surface area is 123 Å². The highest BCUT2D eigenvalue weighted by Gasteiger charge is 2.25. The van der Waals surface area contributed by atoms with Gasteiger partial charge in [0.1, 0.15) is 17.3 Å². The molecular weight excluding hydrogens is 278 g/mol. The first-order valence-corrected chi connectivity index (χ1v) is 7.10. The lowest BCUT2D eigenvalue weighted by Crippen LogP contribution is -2.18. The molecule has 2 heterocycles. The summed E-state index contributed by atoms with van der Waals surface area (Å²) in [5.41, 5.74) is 1.46. The maximum absolute atomic E-state index is 12.0. The van der Waals surface area contributed by atoms with Crippen LogP contribution >= 0.6 is 11.6 Å². The van der Waals surface area contributed by atoms with Crippen LogP contribution in [0.4, 0.5) is 5.82 Å². The van der Waals surface area contributed by atoms with E-state index in [0.29, 0.717) is 29.6 Å². The number of esters is 1. The average Bonchev–Trinajstić information content (AvgIpc) is 2.49. The van der Waals surface area contributed by atoms with Gasteiger partial charge in [0, 0.05) is 6.54 Å². The summed E-state index contributed by atoms with van der Waals surface area (Å²) in [4.78, 5) is 20.2. The summed E-state index contributed by atoms with van der Waals surface area (Å²) < 4.78 is 5.12. The van der Waals surface area contributed by atoms with Crippen LogP contribution in [0.2, 0.25) is 5.15 Å². The number of nitrogens with zero attached hydrogens (tertiary/aromatic N) is 2. The van der Waals surface area contributed by atoms with E-state index in [1.54, 1.807) is 0 Å². The fourth-order valence-electron chi connectivity index (χ4n) is 2.33. The fourth-order valence-corrected chi connectivity index (χ4v) is 2.60. The van der Waals surface area contributed by atoms with Gasteiger partial charge < -0.3 is 10.1 Å². The molecule has 0 saturated heterocycles. The SMILES string of the molecule is C=C1CC(C(=O)OCC)CCCNc2ncnc(Cl)c21. The van der Waals surface area contributed by atoms with E-state index in [1.165, 1.54) is 6.33 Å². The Balaban J connectivity index is 2.27. The van der Waals surface area contributed by atoms with Gasteiger partial charge >= 0.3 is 5.97 Å². The van der Waals surface area contributed by atoms with E-state index in [1.807, 2.05) is 6.92 Å². The van der Waals surface area contributed by atoms with Crippen LogP contribution in [0.1, 0.15) is 31.7 Å². The highest BCUT2D eigenvalue weighted by Crippen LogP contribution is 2.33. The number of anilines is 1. The van der Waals surface area contributed by atoms with Crippen molar-refractivity contribution >= 4 is 29.0 Å². The number of carbonyl (C=O) groups excluding carboxylic acids is 1. The topological polar surface area (TPSA) is 64.1 Å². The molecular formula is C14H18ClN3O2. The summed E-state index contributed by atoms with van der Waals surface area (Å²) >= 11 is 6.14. The predicted octanol–water partition coefficient (Wildman–Crippen LogP) is 2.92. The van der Waals surface area contributed by atoms with Gasteiger partial charge in [-0.05, 0) is 31.8 Å². The van der Waals surface area contributed by atoms with E-state index >= 15 is 0 Å². The van der Waals surface area contributed by atoms with Crippen LogP contribution in [0.25, 0.3) is 5.57 Å². The molecule has 108 valence electrons. The van der Waals surface area contributed by atoms with Gasteiger partial charge in [0.15, 0.2) is 0 Å². The van der Waals surface area contributed by atoms with Gasteiger partial charge in [-0.1, -0.05) is 18.2 Å². The Morgan fingerprint density at radius 1 is 1.60 bits per heavy atom. The molecule has 1 N–H and O–H groups in total. The van der Waals surface area contributed by atoms with Crippen LogP contribution in [-0.2, 0) is 9.53 Å². The van der Waals surface area contributed by atoms with Crippen LogP contribution < -0.4 is 5.32 Å². The number of aromatic nitrogens is 2. The van der Waals surface area contributed by atoms with Crippen molar-refractivity contribution in [1.82, 2.24) is 9.97 Å². The summed E-state index contributed by atoms with van der Waals surface area (Å²) in [6, 6.07) is 0. The van der Waals surface area contributed by atoms with Gasteiger partial charge in [0.05, 0.1) is 18.1 Å². The lowest BCUT2D eigenvalue weighted by Gasteiger charge is -2.16. The zero-order valence-corrected chi connectivity index (χ0v) is 12.2. The average molecular weight is 296 g/mol. The largest absolute Gasteiger partial charge is 0.466 e. The van der Waals surface area contributed by atoms with Crippen LogP contribution in [0.15, 0.2) is 12.9 Å². The number of hydrogen-bond donors (Lipinski definition) is 1. The lowest BCUT2D eigenvalue weighted by molar-refractivity contribution is -0.148. The lowest BCUT2D eigenvalue weighted by atomic mass is 9.93. The van der Waals surface area contributed by atoms with Crippen molar-refractivity contribution in [3.63, 3.8) is 0 Å². The van der Waals surface area contributed by atoms with Gasteiger partial charge in [0.2, 0.25) is 0 Å². The van der Waals surface area contributed by atoms with Crippen molar-refractivity contribution in [3.8, 4) is 0 Å². The highest BCUT2D eigenvalue weighted by molar-refractivity contribution is 6.31. The Kier molecular flexibility index (Phi) is 4.95. The molecule has 6 heteroatoms. The predicted molar refractivity (Wildman–Crippen MR) is 78.5 cm³/mol. The third-order valence-electron chi connectivity index (χ3n) is 3.29.